The topological polar surface area (TPSA) is 38.3 Å². The summed E-state index contributed by atoms with van der Waals surface area (Å²) in [6.45, 7) is 2.09. The first-order valence-corrected chi connectivity index (χ1v) is 11.5. The van der Waals surface area contributed by atoms with Crippen molar-refractivity contribution in [1.82, 2.24) is 5.32 Å². The molecule has 1 saturated carbocycles. The maximum absolute atomic E-state index is 13.3. The van der Waals surface area contributed by atoms with Crippen LogP contribution in [0, 0.1) is 0 Å². The lowest BCUT2D eigenvalue weighted by atomic mass is 9.93. The largest absolute Gasteiger partial charge is 0.487 e. The van der Waals surface area contributed by atoms with Gasteiger partial charge in [0.05, 0.1) is 12.6 Å². The number of nitrogens with one attached hydrogen (secondary N) is 1. The van der Waals surface area contributed by atoms with E-state index in [0.29, 0.717) is 0 Å². The first kappa shape index (κ1) is 19.8. The average molecular weight is 428 g/mol. The average Bonchev–Trinajstić information content (AvgIpc) is 3.42. The molecule has 0 aliphatic heterocycles. The third-order valence-electron chi connectivity index (χ3n) is 6.19. The molecule has 1 fully saturated rings. The number of carbonyl (C=O) groups is 1. The summed E-state index contributed by atoms with van der Waals surface area (Å²) in [5.41, 5.74) is 3.92. The molecular formula is C27H25NO2S. The molecule has 4 aromatic rings. The van der Waals surface area contributed by atoms with E-state index in [9.17, 15) is 4.79 Å². The van der Waals surface area contributed by atoms with Crippen molar-refractivity contribution >= 4 is 28.0 Å². The second kappa shape index (κ2) is 7.86. The Labute approximate surface area is 186 Å². The van der Waals surface area contributed by atoms with Crippen LogP contribution in [0.2, 0.25) is 0 Å². The van der Waals surface area contributed by atoms with Gasteiger partial charge < -0.3 is 10.1 Å². The van der Waals surface area contributed by atoms with E-state index in [4.69, 9.17) is 4.74 Å². The number of aryl methyl sites for hydroxylation is 1. The summed E-state index contributed by atoms with van der Waals surface area (Å²) >= 11 is 1.64. The molecule has 1 heterocycles. The van der Waals surface area contributed by atoms with Crippen LogP contribution in [-0.2, 0) is 12.0 Å². The molecule has 5 rings (SSSR count). The fourth-order valence-corrected chi connectivity index (χ4v) is 5.16. The Kier molecular flexibility index (Phi) is 5.03. The van der Waals surface area contributed by atoms with Crippen molar-refractivity contribution in [2.75, 3.05) is 7.11 Å². The first-order chi connectivity index (χ1) is 15.1. The van der Waals surface area contributed by atoms with Gasteiger partial charge in [-0.05, 0) is 77.1 Å². The molecule has 31 heavy (non-hydrogen) atoms. The quantitative estimate of drug-likeness (QED) is 0.378. The van der Waals surface area contributed by atoms with Gasteiger partial charge in [0.25, 0.3) is 5.91 Å². The lowest BCUT2D eigenvalue weighted by Crippen LogP contribution is -2.35. The highest BCUT2D eigenvalue weighted by Gasteiger charge is 2.47. The molecule has 1 aliphatic carbocycles. The molecular weight excluding hydrogens is 402 g/mol. The van der Waals surface area contributed by atoms with Gasteiger partial charge >= 0.3 is 0 Å². The molecule has 0 radical (unpaired) electrons. The van der Waals surface area contributed by atoms with Crippen LogP contribution in [0.25, 0.3) is 21.2 Å². The zero-order valence-electron chi connectivity index (χ0n) is 17.8. The highest BCUT2D eigenvalue weighted by molar-refractivity contribution is 7.17. The molecule has 0 atom stereocenters. The minimum atomic E-state index is -0.311. The minimum absolute atomic E-state index is 0.0160. The third-order valence-corrected chi connectivity index (χ3v) is 7.29. The molecule has 0 spiro atoms. The number of rotatable bonds is 6. The van der Waals surface area contributed by atoms with E-state index in [0.717, 1.165) is 41.0 Å². The van der Waals surface area contributed by atoms with Crippen molar-refractivity contribution in [2.24, 2.45) is 0 Å². The molecule has 1 amide bonds. The molecule has 3 nitrogen and oxygen atoms in total. The van der Waals surface area contributed by atoms with Crippen molar-refractivity contribution in [3.8, 4) is 15.5 Å². The van der Waals surface area contributed by atoms with Gasteiger partial charge in [-0.25, -0.2) is 0 Å². The molecule has 3 aromatic carbocycles. The van der Waals surface area contributed by atoms with E-state index in [2.05, 4.69) is 54.7 Å². The molecule has 156 valence electrons. The Balaban J connectivity index is 1.58. The fourth-order valence-electron chi connectivity index (χ4n) is 4.36. The van der Waals surface area contributed by atoms with Gasteiger partial charge in [0.2, 0.25) is 0 Å². The van der Waals surface area contributed by atoms with Gasteiger partial charge in [-0.15, -0.1) is 0 Å². The number of carbonyl (C=O) groups excluding carboxylic acids is 1. The number of amides is 1. The molecule has 1 aromatic heterocycles. The third kappa shape index (κ3) is 3.61. The van der Waals surface area contributed by atoms with Crippen LogP contribution in [0.1, 0.15) is 41.3 Å². The number of benzene rings is 3. The van der Waals surface area contributed by atoms with E-state index < -0.39 is 0 Å². The lowest BCUT2D eigenvalue weighted by molar-refractivity contribution is 0.0930. The number of ether oxygens (including phenoxy) is 1. The van der Waals surface area contributed by atoms with Gasteiger partial charge in [0.15, 0.2) is 5.06 Å². The molecule has 0 unspecified atom stereocenters. The van der Waals surface area contributed by atoms with Crippen LogP contribution in [0.4, 0.5) is 0 Å². The summed E-state index contributed by atoms with van der Waals surface area (Å²) in [5, 5.41) is 6.70. The van der Waals surface area contributed by atoms with E-state index >= 15 is 0 Å². The number of fused-ring (bicyclic) bond motifs is 1. The normalized spacial score (nSPS) is 14.4. The number of thiophene rings is 1. The molecule has 1 N–H and O–H groups in total. The summed E-state index contributed by atoms with van der Waals surface area (Å²) in [5.74, 6) is 0.0160. The number of methoxy groups -OCH3 is 1. The van der Waals surface area contributed by atoms with E-state index in [-0.39, 0.29) is 11.4 Å². The Hall–Kier alpha value is -3.11. The summed E-state index contributed by atoms with van der Waals surface area (Å²) in [4.78, 5) is 14.4. The summed E-state index contributed by atoms with van der Waals surface area (Å²) in [6, 6.07) is 24.9. The van der Waals surface area contributed by atoms with Gasteiger partial charge in [-0.1, -0.05) is 60.7 Å². The van der Waals surface area contributed by atoms with Gasteiger partial charge in [-0.2, -0.15) is 0 Å². The SMILES string of the molecule is CCc1ccccc1C(=O)NC1(c2cc(-c3ccc(OC)s3)cc3ccccc23)CC1. The van der Waals surface area contributed by atoms with Crippen LogP contribution in [0.3, 0.4) is 0 Å². The van der Waals surface area contributed by atoms with Crippen molar-refractivity contribution < 1.29 is 9.53 Å². The zero-order chi connectivity index (χ0) is 21.4. The summed E-state index contributed by atoms with van der Waals surface area (Å²) < 4.78 is 5.40. The minimum Gasteiger partial charge on any atom is -0.487 e. The zero-order valence-corrected chi connectivity index (χ0v) is 18.6. The highest BCUT2D eigenvalue weighted by Crippen LogP contribution is 2.49. The van der Waals surface area contributed by atoms with Crippen LogP contribution < -0.4 is 10.1 Å². The Morgan fingerprint density at radius 2 is 1.81 bits per heavy atom. The smallest absolute Gasteiger partial charge is 0.252 e. The maximum atomic E-state index is 13.3. The number of hydrogen-bond acceptors (Lipinski definition) is 3. The first-order valence-electron chi connectivity index (χ1n) is 10.7. The molecule has 4 heteroatoms. The van der Waals surface area contributed by atoms with Gasteiger partial charge in [0.1, 0.15) is 0 Å². The van der Waals surface area contributed by atoms with E-state index in [1.54, 1.807) is 18.4 Å². The highest BCUT2D eigenvalue weighted by atomic mass is 32.1. The maximum Gasteiger partial charge on any atom is 0.252 e. The monoisotopic (exact) mass is 427 g/mol. The van der Waals surface area contributed by atoms with Crippen LogP contribution in [-0.4, -0.2) is 13.0 Å². The predicted octanol–water partition coefficient (Wildman–Crippen LogP) is 6.56. The van der Waals surface area contributed by atoms with E-state index in [1.807, 2.05) is 30.3 Å². The van der Waals surface area contributed by atoms with Crippen molar-refractivity contribution in [1.29, 1.82) is 0 Å². The Bertz CT molecular complexity index is 1270. The number of hydrogen-bond donors (Lipinski definition) is 1. The van der Waals surface area contributed by atoms with E-state index in [1.165, 1.54) is 21.2 Å². The van der Waals surface area contributed by atoms with Gasteiger partial charge in [0, 0.05) is 10.4 Å². The standard InChI is InChI=1S/C27H25NO2S/c1-3-18-8-4-7-11-22(18)26(29)28-27(14-15-27)23-17-20(24-12-13-25(30-2)31-24)16-19-9-5-6-10-21(19)23/h4-13,16-17H,3,14-15H2,1-2H3,(H,28,29). The Morgan fingerprint density at radius 3 is 2.55 bits per heavy atom. The fraction of sp³-hybridized carbons (Fsp3) is 0.222. The Morgan fingerprint density at radius 1 is 1.03 bits per heavy atom. The van der Waals surface area contributed by atoms with Crippen molar-refractivity contribution in [3.05, 3.63) is 89.5 Å². The second-order valence-corrected chi connectivity index (χ2v) is 9.16. The van der Waals surface area contributed by atoms with Crippen molar-refractivity contribution in [3.63, 3.8) is 0 Å². The lowest BCUT2D eigenvalue weighted by Gasteiger charge is -2.22. The molecule has 1 aliphatic rings. The molecule has 0 saturated heterocycles. The van der Waals surface area contributed by atoms with Crippen LogP contribution >= 0.6 is 11.3 Å². The van der Waals surface area contributed by atoms with Crippen molar-refractivity contribution in [2.45, 2.75) is 31.7 Å². The predicted molar refractivity (Wildman–Crippen MR) is 128 cm³/mol. The van der Waals surface area contributed by atoms with Crippen LogP contribution in [0.15, 0.2) is 72.8 Å². The van der Waals surface area contributed by atoms with Crippen LogP contribution in [0.5, 0.6) is 5.06 Å². The second-order valence-electron chi connectivity index (χ2n) is 8.11. The molecule has 0 bridgehead atoms. The summed E-state index contributed by atoms with van der Waals surface area (Å²) in [6.07, 6.45) is 2.75. The summed E-state index contributed by atoms with van der Waals surface area (Å²) in [7, 11) is 1.70. The van der Waals surface area contributed by atoms with Gasteiger partial charge in [-0.3, -0.25) is 4.79 Å².